The van der Waals surface area contributed by atoms with Crippen LogP contribution in [0.2, 0.25) is 0 Å². The molecule has 0 N–H and O–H groups in total. The minimum absolute atomic E-state index is 0.228. The van der Waals surface area contributed by atoms with Crippen LogP contribution in [-0.4, -0.2) is 11.0 Å². The van der Waals surface area contributed by atoms with Gasteiger partial charge in [0.05, 0.1) is 11.8 Å². The van der Waals surface area contributed by atoms with Crippen molar-refractivity contribution in [3.05, 3.63) is 59.7 Å². The molecule has 0 atom stereocenters. The van der Waals surface area contributed by atoms with Gasteiger partial charge in [0, 0.05) is 0 Å². The molecule has 0 unspecified atom stereocenters. The van der Waals surface area contributed by atoms with E-state index in [2.05, 4.69) is 11.9 Å². The van der Waals surface area contributed by atoms with Crippen LogP contribution in [0.15, 0.2) is 42.6 Å². The predicted molar refractivity (Wildman–Crippen MR) is 74.2 cm³/mol. The standard InChI is InChI=1S/C16H16FNO2/c1-2-3-4-12-5-7-13(8-6-12)16(19)20-14-9-10-15(17)18-11-14/h5-11H,2-4H2,1H3. The Labute approximate surface area is 117 Å². The summed E-state index contributed by atoms with van der Waals surface area (Å²) in [4.78, 5) is 15.3. The summed E-state index contributed by atoms with van der Waals surface area (Å²) in [6.45, 7) is 2.14. The zero-order valence-electron chi connectivity index (χ0n) is 11.3. The molecular weight excluding hydrogens is 257 g/mol. The van der Waals surface area contributed by atoms with Gasteiger partial charge in [-0.1, -0.05) is 25.5 Å². The average Bonchev–Trinajstić information content (AvgIpc) is 2.48. The highest BCUT2D eigenvalue weighted by atomic mass is 19.1. The molecule has 0 radical (unpaired) electrons. The molecule has 2 rings (SSSR count). The van der Waals surface area contributed by atoms with Crippen molar-refractivity contribution in [1.82, 2.24) is 4.98 Å². The average molecular weight is 273 g/mol. The molecule has 0 saturated heterocycles. The van der Waals surface area contributed by atoms with Crippen molar-refractivity contribution in [3.63, 3.8) is 0 Å². The van der Waals surface area contributed by atoms with Crippen molar-refractivity contribution in [2.24, 2.45) is 0 Å². The van der Waals surface area contributed by atoms with Gasteiger partial charge in [-0.25, -0.2) is 9.78 Å². The number of nitrogens with zero attached hydrogens (tertiary/aromatic N) is 1. The third-order valence-corrected chi connectivity index (χ3v) is 2.92. The monoisotopic (exact) mass is 273 g/mol. The van der Waals surface area contributed by atoms with Gasteiger partial charge in [-0.15, -0.1) is 0 Å². The van der Waals surface area contributed by atoms with E-state index in [1.54, 1.807) is 12.1 Å². The quantitative estimate of drug-likeness (QED) is 0.614. The van der Waals surface area contributed by atoms with Gasteiger partial charge in [0.15, 0.2) is 0 Å². The number of hydrogen-bond donors (Lipinski definition) is 0. The molecule has 1 aromatic heterocycles. The predicted octanol–water partition coefficient (Wildman–Crippen LogP) is 3.78. The first kappa shape index (κ1) is 14.2. The number of pyridine rings is 1. The van der Waals surface area contributed by atoms with Crippen molar-refractivity contribution in [3.8, 4) is 5.75 Å². The highest BCUT2D eigenvalue weighted by molar-refractivity contribution is 5.91. The van der Waals surface area contributed by atoms with Gasteiger partial charge >= 0.3 is 5.97 Å². The summed E-state index contributed by atoms with van der Waals surface area (Å²) in [5, 5.41) is 0. The van der Waals surface area contributed by atoms with Gasteiger partial charge in [0.1, 0.15) is 5.75 Å². The van der Waals surface area contributed by atoms with E-state index in [1.807, 2.05) is 12.1 Å². The van der Waals surface area contributed by atoms with Gasteiger partial charge in [0.2, 0.25) is 5.95 Å². The fourth-order valence-corrected chi connectivity index (χ4v) is 1.78. The smallest absolute Gasteiger partial charge is 0.343 e. The molecule has 2 aromatic rings. The summed E-state index contributed by atoms with van der Waals surface area (Å²) < 4.78 is 17.7. The molecule has 4 heteroatoms. The Morgan fingerprint density at radius 2 is 1.95 bits per heavy atom. The molecular formula is C16H16FNO2. The third kappa shape index (κ3) is 3.88. The van der Waals surface area contributed by atoms with Gasteiger partial charge < -0.3 is 4.74 Å². The molecule has 0 fully saturated rings. The van der Waals surface area contributed by atoms with Crippen molar-refractivity contribution in [2.45, 2.75) is 26.2 Å². The van der Waals surface area contributed by atoms with Crippen LogP contribution in [0.1, 0.15) is 35.7 Å². The first-order chi connectivity index (χ1) is 9.69. The number of carbonyl (C=O) groups is 1. The van der Waals surface area contributed by atoms with Crippen molar-refractivity contribution < 1.29 is 13.9 Å². The second-order valence-electron chi connectivity index (χ2n) is 4.51. The van der Waals surface area contributed by atoms with Crippen LogP contribution >= 0.6 is 0 Å². The summed E-state index contributed by atoms with van der Waals surface area (Å²) in [6.07, 6.45) is 4.46. The highest BCUT2D eigenvalue weighted by Crippen LogP contribution is 2.13. The van der Waals surface area contributed by atoms with Crippen molar-refractivity contribution >= 4 is 5.97 Å². The molecule has 104 valence electrons. The van der Waals surface area contributed by atoms with Crippen molar-refractivity contribution in [2.75, 3.05) is 0 Å². The number of carbonyl (C=O) groups excluding carboxylic acids is 1. The van der Waals surface area contributed by atoms with E-state index in [-0.39, 0.29) is 5.75 Å². The minimum atomic E-state index is -0.606. The number of unbranched alkanes of at least 4 members (excludes halogenated alkanes) is 1. The normalized spacial score (nSPS) is 10.3. The summed E-state index contributed by atoms with van der Waals surface area (Å²) in [7, 11) is 0. The van der Waals surface area contributed by atoms with Gasteiger partial charge in [0.25, 0.3) is 0 Å². The fraction of sp³-hybridized carbons (Fsp3) is 0.250. The van der Waals surface area contributed by atoms with Crippen LogP contribution < -0.4 is 4.74 Å². The van der Waals surface area contributed by atoms with E-state index in [1.165, 1.54) is 17.8 Å². The summed E-state index contributed by atoms with van der Waals surface area (Å²) in [6, 6.07) is 9.85. The molecule has 0 amide bonds. The molecule has 0 aliphatic heterocycles. The zero-order chi connectivity index (χ0) is 14.4. The van der Waals surface area contributed by atoms with E-state index >= 15 is 0 Å². The number of aromatic nitrogens is 1. The van der Waals surface area contributed by atoms with Gasteiger partial charge in [-0.3, -0.25) is 0 Å². The summed E-state index contributed by atoms with van der Waals surface area (Å²) in [5.41, 5.74) is 1.67. The summed E-state index contributed by atoms with van der Waals surface area (Å²) in [5.74, 6) is -0.850. The number of hydrogen-bond acceptors (Lipinski definition) is 3. The van der Waals surface area contributed by atoms with E-state index in [0.29, 0.717) is 5.56 Å². The van der Waals surface area contributed by atoms with Crippen LogP contribution in [0.5, 0.6) is 5.75 Å². The lowest BCUT2D eigenvalue weighted by atomic mass is 10.1. The Hall–Kier alpha value is -2.23. The van der Waals surface area contributed by atoms with Crippen LogP contribution in [-0.2, 0) is 6.42 Å². The number of rotatable bonds is 5. The lowest BCUT2D eigenvalue weighted by molar-refractivity contribution is 0.0734. The Kier molecular flexibility index (Phi) is 4.82. The maximum absolute atomic E-state index is 12.6. The summed E-state index contributed by atoms with van der Waals surface area (Å²) >= 11 is 0. The second kappa shape index (κ2) is 6.80. The number of esters is 1. The molecule has 0 bridgehead atoms. The van der Waals surface area contributed by atoms with Crippen molar-refractivity contribution in [1.29, 1.82) is 0 Å². The largest absolute Gasteiger partial charge is 0.421 e. The van der Waals surface area contributed by atoms with E-state index in [4.69, 9.17) is 4.74 Å². The first-order valence-corrected chi connectivity index (χ1v) is 6.61. The number of ether oxygens (including phenoxy) is 1. The topological polar surface area (TPSA) is 39.2 Å². The molecule has 1 heterocycles. The molecule has 0 aliphatic rings. The number of benzene rings is 1. The maximum atomic E-state index is 12.6. The SMILES string of the molecule is CCCCc1ccc(C(=O)Oc2ccc(F)nc2)cc1. The Bertz CT molecular complexity index is 564. The zero-order valence-corrected chi connectivity index (χ0v) is 11.3. The molecule has 20 heavy (non-hydrogen) atoms. The molecule has 3 nitrogen and oxygen atoms in total. The minimum Gasteiger partial charge on any atom is -0.421 e. The Balaban J connectivity index is 2.00. The van der Waals surface area contributed by atoms with Gasteiger partial charge in [-0.05, 0) is 42.7 Å². The van der Waals surface area contributed by atoms with Crippen LogP contribution in [0.4, 0.5) is 4.39 Å². The lowest BCUT2D eigenvalue weighted by Gasteiger charge is -2.05. The second-order valence-corrected chi connectivity index (χ2v) is 4.51. The fourth-order valence-electron chi connectivity index (χ4n) is 1.78. The maximum Gasteiger partial charge on any atom is 0.343 e. The van der Waals surface area contributed by atoms with Crippen LogP contribution in [0.25, 0.3) is 0 Å². The molecule has 1 aromatic carbocycles. The highest BCUT2D eigenvalue weighted by Gasteiger charge is 2.08. The number of aryl methyl sites for hydroxylation is 1. The first-order valence-electron chi connectivity index (χ1n) is 6.61. The number of halogens is 1. The third-order valence-electron chi connectivity index (χ3n) is 2.92. The van der Waals surface area contributed by atoms with Gasteiger partial charge in [-0.2, -0.15) is 4.39 Å². The van der Waals surface area contributed by atoms with E-state index in [0.717, 1.165) is 25.3 Å². The van der Waals surface area contributed by atoms with Crippen LogP contribution in [0.3, 0.4) is 0 Å². The molecule has 0 spiro atoms. The van der Waals surface area contributed by atoms with E-state index < -0.39 is 11.9 Å². The van der Waals surface area contributed by atoms with Crippen LogP contribution in [0, 0.1) is 5.95 Å². The lowest BCUT2D eigenvalue weighted by Crippen LogP contribution is -2.08. The van der Waals surface area contributed by atoms with E-state index in [9.17, 15) is 9.18 Å². The molecule has 0 aliphatic carbocycles. The Morgan fingerprint density at radius 1 is 1.20 bits per heavy atom. The molecule has 0 saturated carbocycles. The Morgan fingerprint density at radius 3 is 2.55 bits per heavy atom.